The van der Waals surface area contributed by atoms with E-state index in [-0.39, 0.29) is 0 Å². The Bertz CT molecular complexity index is 418. The Morgan fingerprint density at radius 2 is 1.75 bits per heavy atom. The number of rotatable bonds is 4. The van der Waals surface area contributed by atoms with Crippen LogP contribution in [0.25, 0.3) is 0 Å². The van der Waals surface area contributed by atoms with Crippen molar-refractivity contribution in [1.29, 1.82) is 0 Å². The highest BCUT2D eigenvalue weighted by atomic mass is 15.2. The van der Waals surface area contributed by atoms with Crippen LogP contribution in [0.4, 0.5) is 0 Å². The minimum Gasteiger partial charge on any atom is -0.330 e. The van der Waals surface area contributed by atoms with Crippen LogP contribution in [0.2, 0.25) is 0 Å². The molecule has 2 heteroatoms. The molecule has 1 saturated carbocycles. The molecule has 0 bridgehead atoms. The fourth-order valence-corrected chi connectivity index (χ4v) is 4.43. The van der Waals surface area contributed by atoms with Gasteiger partial charge in [0.2, 0.25) is 0 Å². The molecule has 1 aromatic carbocycles. The van der Waals surface area contributed by atoms with Crippen LogP contribution in [0, 0.1) is 5.92 Å². The summed E-state index contributed by atoms with van der Waals surface area (Å²) in [5.41, 5.74) is 9.17. The van der Waals surface area contributed by atoms with Gasteiger partial charge >= 0.3 is 0 Å². The molecule has 2 atom stereocenters. The van der Waals surface area contributed by atoms with E-state index in [1.54, 1.807) is 11.1 Å². The van der Waals surface area contributed by atoms with E-state index in [0.717, 1.165) is 12.6 Å². The molecule has 1 aromatic rings. The maximum Gasteiger partial charge on any atom is 0.0179 e. The third-order valence-corrected chi connectivity index (χ3v) is 5.46. The quantitative estimate of drug-likeness (QED) is 0.913. The summed E-state index contributed by atoms with van der Waals surface area (Å²) in [6, 6.07) is 10.4. The lowest BCUT2D eigenvalue weighted by atomic mass is 9.82. The molecule has 20 heavy (non-hydrogen) atoms. The lowest BCUT2D eigenvalue weighted by molar-refractivity contribution is 0.0739. The van der Waals surface area contributed by atoms with Crippen LogP contribution < -0.4 is 5.73 Å². The summed E-state index contributed by atoms with van der Waals surface area (Å²) in [5.74, 6) is 0.715. The van der Waals surface area contributed by atoms with Crippen LogP contribution >= 0.6 is 0 Å². The largest absolute Gasteiger partial charge is 0.330 e. The molecule has 0 heterocycles. The fourth-order valence-electron chi connectivity index (χ4n) is 4.43. The summed E-state index contributed by atoms with van der Waals surface area (Å²) >= 11 is 0. The van der Waals surface area contributed by atoms with Crippen molar-refractivity contribution in [2.45, 2.75) is 57.5 Å². The van der Waals surface area contributed by atoms with Gasteiger partial charge in [0.15, 0.2) is 0 Å². The summed E-state index contributed by atoms with van der Waals surface area (Å²) in [7, 11) is 0. The fraction of sp³-hybridized carbons (Fsp3) is 0.667. The molecule has 110 valence electrons. The summed E-state index contributed by atoms with van der Waals surface area (Å²) in [6.45, 7) is 4.35. The smallest absolute Gasteiger partial charge is 0.0179 e. The van der Waals surface area contributed by atoms with Gasteiger partial charge in [-0.3, -0.25) is 4.90 Å². The highest BCUT2D eigenvalue weighted by molar-refractivity contribution is 5.33. The standard InChI is InChI=1S/C18H28N2/c1-2-20(18-10-6-5-9-16(18)13-19)17-11-14-7-3-4-8-15(14)12-17/h3-4,7-8,16-18H,2,5-6,9-13,19H2,1H3. The molecule has 0 amide bonds. The van der Waals surface area contributed by atoms with Gasteiger partial charge in [0.1, 0.15) is 0 Å². The predicted octanol–water partition coefficient (Wildman–Crippen LogP) is 2.99. The van der Waals surface area contributed by atoms with Crippen LogP contribution in [0.1, 0.15) is 43.7 Å². The van der Waals surface area contributed by atoms with Gasteiger partial charge < -0.3 is 5.73 Å². The maximum atomic E-state index is 6.04. The zero-order valence-corrected chi connectivity index (χ0v) is 12.7. The second-order valence-corrected chi connectivity index (χ2v) is 6.51. The van der Waals surface area contributed by atoms with E-state index in [1.165, 1.54) is 45.1 Å². The van der Waals surface area contributed by atoms with E-state index in [2.05, 4.69) is 36.1 Å². The van der Waals surface area contributed by atoms with E-state index in [0.29, 0.717) is 12.0 Å². The molecule has 0 aromatic heterocycles. The number of fused-ring (bicyclic) bond motifs is 1. The molecule has 2 aliphatic carbocycles. The Hall–Kier alpha value is -0.860. The lowest BCUT2D eigenvalue weighted by Gasteiger charge is -2.42. The zero-order valence-electron chi connectivity index (χ0n) is 12.7. The summed E-state index contributed by atoms with van der Waals surface area (Å²) in [5, 5.41) is 0. The summed E-state index contributed by atoms with van der Waals surface area (Å²) in [6.07, 6.45) is 7.91. The van der Waals surface area contributed by atoms with Crippen LogP contribution in [-0.4, -0.2) is 30.1 Å². The number of nitrogens with two attached hydrogens (primary N) is 1. The monoisotopic (exact) mass is 272 g/mol. The molecule has 2 aliphatic rings. The first kappa shape index (κ1) is 14.1. The van der Waals surface area contributed by atoms with Gasteiger partial charge in [-0.15, -0.1) is 0 Å². The molecule has 0 spiro atoms. The van der Waals surface area contributed by atoms with Crippen molar-refractivity contribution in [3.05, 3.63) is 35.4 Å². The Balaban J connectivity index is 1.74. The van der Waals surface area contributed by atoms with Gasteiger partial charge in [-0.25, -0.2) is 0 Å². The molecule has 3 rings (SSSR count). The second kappa shape index (κ2) is 6.28. The Labute approximate surface area is 123 Å². The minimum atomic E-state index is 0.703. The first-order valence-electron chi connectivity index (χ1n) is 8.36. The van der Waals surface area contributed by atoms with Gasteiger partial charge in [0, 0.05) is 12.1 Å². The second-order valence-electron chi connectivity index (χ2n) is 6.51. The topological polar surface area (TPSA) is 29.3 Å². The first-order chi connectivity index (χ1) is 9.83. The highest BCUT2D eigenvalue weighted by Crippen LogP contribution is 2.33. The number of benzene rings is 1. The molecule has 0 aliphatic heterocycles. The predicted molar refractivity (Wildman–Crippen MR) is 84.8 cm³/mol. The molecular formula is C18H28N2. The number of nitrogens with zero attached hydrogens (tertiary/aromatic N) is 1. The SMILES string of the molecule is CCN(C1Cc2ccccc2C1)C1CCCCC1CN. The van der Waals surface area contributed by atoms with E-state index in [9.17, 15) is 0 Å². The highest BCUT2D eigenvalue weighted by Gasteiger charge is 2.34. The van der Waals surface area contributed by atoms with E-state index in [1.807, 2.05) is 0 Å². The average Bonchev–Trinajstić information content (AvgIpc) is 2.92. The lowest BCUT2D eigenvalue weighted by Crippen LogP contribution is -2.50. The minimum absolute atomic E-state index is 0.703. The molecule has 2 unspecified atom stereocenters. The third-order valence-electron chi connectivity index (χ3n) is 5.46. The van der Waals surface area contributed by atoms with E-state index >= 15 is 0 Å². The molecule has 0 radical (unpaired) electrons. The van der Waals surface area contributed by atoms with E-state index < -0.39 is 0 Å². The maximum absolute atomic E-state index is 6.04. The van der Waals surface area contributed by atoms with Crippen molar-refractivity contribution in [3.63, 3.8) is 0 Å². The van der Waals surface area contributed by atoms with Crippen molar-refractivity contribution >= 4 is 0 Å². The molecular weight excluding hydrogens is 244 g/mol. The third kappa shape index (κ3) is 2.64. The van der Waals surface area contributed by atoms with Gasteiger partial charge in [0.25, 0.3) is 0 Å². The van der Waals surface area contributed by atoms with Gasteiger partial charge in [-0.05, 0) is 55.8 Å². The van der Waals surface area contributed by atoms with Crippen molar-refractivity contribution < 1.29 is 0 Å². The molecule has 2 N–H and O–H groups in total. The molecule has 2 nitrogen and oxygen atoms in total. The van der Waals surface area contributed by atoms with E-state index in [4.69, 9.17) is 5.73 Å². The molecule has 0 saturated heterocycles. The first-order valence-corrected chi connectivity index (χ1v) is 8.36. The van der Waals surface area contributed by atoms with Crippen molar-refractivity contribution in [1.82, 2.24) is 4.90 Å². The Kier molecular flexibility index (Phi) is 4.42. The van der Waals surface area contributed by atoms with Crippen molar-refractivity contribution in [2.24, 2.45) is 11.7 Å². The van der Waals surface area contributed by atoms with Crippen LogP contribution in [-0.2, 0) is 12.8 Å². The van der Waals surface area contributed by atoms with Crippen LogP contribution in [0.5, 0.6) is 0 Å². The van der Waals surface area contributed by atoms with Gasteiger partial charge in [-0.1, -0.05) is 44.0 Å². The number of hydrogen-bond donors (Lipinski definition) is 1. The van der Waals surface area contributed by atoms with Gasteiger partial charge in [0.05, 0.1) is 0 Å². The summed E-state index contributed by atoms with van der Waals surface area (Å²) in [4.78, 5) is 2.77. The van der Waals surface area contributed by atoms with Crippen molar-refractivity contribution in [3.8, 4) is 0 Å². The van der Waals surface area contributed by atoms with Crippen LogP contribution in [0.15, 0.2) is 24.3 Å². The normalized spacial score (nSPS) is 26.9. The number of likely N-dealkylation sites (N-methyl/N-ethyl adjacent to an activating group) is 1. The van der Waals surface area contributed by atoms with Gasteiger partial charge in [-0.2, -0.15) is 0 Å². The summed E-state index contributed by atoms with van der Waals surface area (Å²) < 4.78 is 0. The Morgan fingerprint density at radius 1 is 1.10 bits per heavy atom. The number of hydrogen-bond acceptors (Lipinski definition) is 2. The Morgan fingerprint density at radius 3 is 2.35 bits per heavy atom. The van der Waals surface area contributed by atoms with Crippen LogP contribution in [0.3, 0.4) is 0 Å². The zero-order chi connectivity index (χ0) is 13.9. The van der Waals surface area contributed by atoms with Crippen molar-refractivity contribution in [2.75, 3.05) is 13.1 Å². The average molecular weight is 272 g/mol. The molecule has 1 fully saturated rings.